The summed E-state index contributed by atoms with van der Waals surface area (Å²) in [6.45, 7) is 4.10. The van der Waals surface area contributed by atoms with Gasteiger partial charge < -0.3 is 5.32 Å². The fourth-order valence-corrected chi connectivity index (χ4v) is 2.80. The number of rotatable bonds is 2. The van der Waals surface area contributed by atoms with Crippen molar-refractivity contribution < 1.29 is 4.39 Å². The smallest absolute Gasteiger partial charge is 0.188 e. The average Bonchev–Trinajstić information content (AvgIpc) is 2.75. The van der Waals surface area contributed by atoms with Crippen LogP contribution in [0.4, 0.5) is 15.2 Å². The van der Waals surface area contributed by atoms with E-state index in [-0.39, 0.29) is 5.82 Å². The summed E-state index contributed by atoms with van der Waals surface area (Å²) in [4.78, 5) is 4.41. The molecular weight excluding hydrogens is 259 g/mol. The maximum atomic E-state index is 13.1. The first-order valence-corrected chi connectivity index (χ1v) is 6.84. The van der Waals surface area contributed by atoms with Crippen LogP contribution >= 0.6 is 11.3 Å². The third-order valence-electron chi connectivity index (χ3n) is 2.98. The van der Waals surface area contributed by atoms with Crippen LogP contribution in [0.3, 0.4) is 0 Å². The minimum Gasteiger partial charge on any atom is -0.331 e. The second-order valence-electron chi connectivity index (χ2n) is 4.57. The molecule has 0 fully saturated rings. The largest absolute Gasteiger partial charge is 0.331 e. The molecule has 2 aromatic carbocycles. The Labute approximate surface area is 114 Å². The molecule has 96 valence electrons. The van der Waals surface area contributed by atoms with Crippen LogP contribution in [-0.4, -0.2) is 4.98 Å². The second-order valence-corrected chi connectivity index (χ2v) is 5.61. The summed E-state index contributed by atoms with van der Waals surface area (Å²) in [6.07, 6.45) is 0. The molecule has 1 heterocycles. The van der Waals surface area contributed by atoms with Crippen LogP contribution in [0.15, 0.2) is 36.4 Å². The Morgan fingerprint density at radius 2 is 1.95 bits per heavy atom. The van der Waals surface area contributed by atoms with E-state index in [1.165, 1.54) is 29.0 Å². The van der Waals surface area contributed by atoms with Crippen molar-refractivity contribution in [3.63, 3.8) is 0 Å². The van der Waals surface area contributed by atoms with Crippen molar-refractivity contribution in [1.82, 2.24) is 4.98 Å². The van der Waals surface area contributed by atoms with Gasteiger partial charge in [0.2, 0.25) is 0 Å². The maximum Gasteiger partial charge on any atom is 0.188 e. The Bertz CT molecular complexity index is 749. The normalized spacial score (nSPS) is 10.9. The van der Waals surface area contributed by atoms with E-state index in [0.717, 1.165) is 21.1 Å². The van der Waals surface area contributed by atoms with E-state index in [9.17, 15) is 4.39 Å². The monoisotopic (exact) mass is 272 g/mol. The molecule has 0 aliphatic rings. The minimum atomic E-state index is -0.254. The number of thiazole rings is 1. The number of hydrogen-bond acceptors (Lipinski definition) is 3. The molecule has 4 heteroatoms. The zero-order valence-corrected chi connectivity index (χ0v) is 11.5. The lowest BCUT2D eigenvalue weighted by molar-refractivity contribution is 0.629. The van der Waals surface area contributed by atoms with Gasteiger partial charge in [-0.05, 0) is 43.2 Å². The van der Waals surface area contributed by atoms with Gasteiger partial charge in [-0.2, -0.15) is 0 Å². The molecule has 1 N–H and O–H groups in total. The number of nitrogens with one attached hydrogen (secondary N) is 1. The van der Waals surface area contributed by atoms with Gasteiger partial charge >= 0.3 is 0 Å². The average molecular weight is 272 g/mol. The number of halogens is 1. The summed E-state index contributed by atoms with van der Waals surface area (Å²) in [5.74, 6) is -0.254. The van der Waals surface area contributed by atoms with Gasteiger partial charge in [-0.15, -0.1) is 0 Å². The van der Waals surface area contributed by atoms with Crippen LogP contribution in [-0.2, 0) is 0 Å². The van der Waals surface area contributed by atoms with Crippen molar-refractivity contribution in [3.8, 4) is 0 Å². The van der Waals surface area contributed by atoms with Crippen molar-refractivity contribution in [2.24, 2.45) is 0 Å². The van der Waals surface area contributed by atoms with Crippen LogP contribution in [0.5, 0.6) is 0 Å². The molecule has 0 unspecified atom stereocenters. The zero-order valence-electron chi connectivity index (χ0n) is 10.7. The SMILES string of the molecule is Cc1ccc(C)c(Nc2nc3cc(F)ccc3s2)c1. The predicted molar refractivity (Wildman–Crippen MR) is 78.8 cm³/mol. The number of hydrogen-bond donors (Lipinski definition) is 1. The topological polar surface area (TPSA) is 24.9 Å². The van der Waals surface area contributed by atoms with Gasteiger partial charge in [-0.1, -0.05) is 23.5 Å². The van der Waals surface area contributed by atoms with E-state index in [1.54, 1.807) is 6.07 Å². The van der Waals surface area contributed by atoms with Crippen LogP contribution < -0.4 is 5.32 Å². The van der Waals surface area contributed by atoms with Crippen LogP contribution in [0, 0.1) is 19.7 Å². The predicted octanol–water partition coefficient (Wildman–Crippen LogP) is 4.80. The summed E-state index contributed by atoms with van der Waals surface area (Å²) < 4.78 is 14.1. The molecule has 0 aliphatic heterocycles. The maximum absolute atomic E-state index is 13.1. The quantitative estimate of drug-likeness (QED) is 0.725. The third kappa shape index (κ3) is 2.44. The number of nitrogens with zero attached hydrogens (tertiary/aromatic N) is 1. The minimum absolute atomic E-state index is 0.254. The highest BCUT2D eigenvalue weighted by Gasteiger charge is 2.06. The Morgan fingerprint density at radius 3 is 2.79 bits per heavy atom. The van der Waals surface area contributed by atoms with Gasteiger partial charge in [0.1, 0.15) is 5.82 Å². The molecule has 0 amide bonds. The van der Waals surface area contributed by atoms with Gasteiger partial charge in [0, 0.05) is 11.8 Å². The van der Waals surface area contributed by atoms with Crippen LogP contribution in [0.2, 0.25) is 0 Å². The van der Waals surface area contributed by atoms with Crippen molar-refractivity contribution in [2.45, 2.75) is 13.8 Å². The van der Waals surface area contributed by atoms with Gasteiger partial charge in [0.05, 0.1) is 10.2 Å². The highest BCUT2D eigenvalue weighted by atomic mass is 32.1. The Kier molecular flexibility index (Phi) is 2.95. The Morgan fingerprint density at radius 1 is 1.11 bits per heavy atom. The van der Waals surface area contributed by atoms with Gasteiger partial charge in [-0.3, -0.25) is 0 Å². The molecule has 0 spiro atoms. The molecule has 3 rings (SSSR count). The molecule has 0 radical (unpaired) electrons. The number of anilines is 2. The molecule has 3 aromatic rings. The van der Waals surface area contributed by atoms with Crippen molar-refractivity contribution >= 4 is 32.4 Å². The number of fused-ring (bicyclic) bond motifs is 1. The summed E-state index contributed by atoms with van der Waals surface area (Å²) in [5, 5.41) is 4.09. The van der Waals surface area contributed by atoms with E-state index >= 15 is 0 Å². The van der Waals surface area contributed by atoms with Gasteiger partial charge in [-0.25, -0.2) is 9.37 Å². The van der Waals surface area contributed by atoms with E-state index in [2.05, 4.69) is 42.3 Å². The molecule has 0 atom stereocenters. The Hall–Kier alpha value is -1.94. The first kappa shape index (κ1) is 12.1. The van der Waals surface area contributed by atoms with Crippen molar-refractivity contribution in [2.75, 3.05) is 5.32 Å². The molecule has 1 aromatic heterocycles. The lowest BCUT2D eigenvalue weighted by atomic mass is 10.1. The van der Waals surface area contributed by atoms with Crippen molar-refractivity contribution in [3.05, 3.63) is 53.3 Å². The van der Waals surface area contributed by atoms with Crippen LogP contribution in [0.1, 0.15) is 11.1 Å². The second kappa shape index (κ2) is 4.63. The molecule has 19 heavy (non-hydrogen) atoms. The number of aryl methyl sites for hydroxylation is 2. The van der Waals surface area contributed by atoms with E-state index in [0.29, 0.717) is 5.52 Å². The lowest BCUT2D eigenvalue weighted by Crippen LogP contribution is -1.92. The van der Waals surface area contributed by atoms with Gasteiger partial charge in [0.15, 0.2) is 5.13 Å². The summed E-state index contributed by atoms with van der Waals surface area (Å²) >= 11 is 1.53. The van der Waals surface area contributed by atoms with E-state index < -0.39 is 0 Å². The highest BCUT2D eigenvalue weighted by molar-refractivity contribution is 7.22. The molecule has 0 saturated heterocycles. The standard InChI is InChI=1S/C15H13FN2S/c1-9-3-4-10(2)12(7-9)17-15-18-13-8-11(16)5-6-14(13)19-15/h3-8H,1-2H3,(H,17,18). The van der Waals surface area contributed by atoms with Crippen molar-refractivity contribution in [1.29, 1.82) is 0 Å². The molecular formula is C15H13FN2S. The first-order chi connectivity index (χ1) is 9.11. The number of aromatic nitrogens is 1. The molecule has 2 nitrogen and oxygen atoms in total. The Balaban J connectivity index is 1.98. The highest BCUT2D eigenvalue weighted by Crippen LogP contribution is 2.30. The number of benzene rings is 2. The summed E-state index contributed by atoms with van der Waals surface area (Å²) in [7, 11) is 0. The molecule has 0 aliphatic carbocycles. The molecule has 0 bridgehead atoms. The summed E-state index contributed by atoms with van der Waals surface area (Å²) in [5.41, 5.74) is 4.09. The molecule has 0 saturated carbocycles. The van der Waals surface area contributed by atoms with Crippen LogP contribution in [0.25, 0.3) is 10.2 Å². The fourth-order valence-electron chi connectivity index (χ4n) is 1.94. The first-order valence-electron chi connectivity index (χ1n) is 6.02. The van der Waals surface area contributed by atoms with Gasteiger partial charge in [0.25, 0.3) is 0 Å². The lowest BCUT2D eigenvalue weighted by Gasteiger charge is -2.07. The fraction of sp³-hybridized carbons (Fsp3) is 0.133. The van der Waals surface area contributed by atoms with E-state index in [1.807, 2.05) is 0 Å². The van der Waals surface area contributed by atoms with E-state index in [4.69, 9.17) is 0 Å². The zero-order chi connectivity index (χ0) is 13.4. The third-order valence-corrected chi connectivity index (χ3v) is 3.94. The summed E-state index contributed by atoms with van der Waals surface area (Å²) in [6, 6.07) is 10.9.